The van der Waals surface area contributed by atoms with Gasteiger partial charge in [-0.1, -0.05) is 25.4 Å². The van der Waals surface area contributed by atoms with Crippen LogP contribution in [0.2, 0.25) is 5.02 Å². The average Bonchev–Trinajstić information content (AvgIpc) is 2.67. The summed E-state index contributed by atoms with van der Waals surface area (Å²) in [5.74, 6) is 0.494. The van der Waals surface area contributed by atoms with Gasteiger partial charge in [-0.15, -0.1) is 0 Å². The first-order valence-corrected chi connectivity index (χ1v) is 10.8. The zero-order valence-electron chi connectivity index (χ0n) is 16.1. The molecule has 1 amide bonds. The molecule has 0 atom stereocenters. The van der Waals surface area contributed by atoms with Crippen molar-refractivity contribution in [2.24, 2.45) is 5.92 Å². The van der Waals surface area contributed by atoms with Crippen molar-refractivity contribution in [1.29, 1.82) is 5.26 Å². The van der Waals surface area contributed by atoms with Gasteiger partial charge in [-0.3, -0.25) is 4.79 Å². The number of nitrogens with zero attached hydrogens (tertiary/aromatic N) is 1. The second-order valence-corrected chi connectivity index (χ2v) is 8.81. The van der Waals surface area contributed by atoms with E-state index < -0.39 is 15.9 Å². The summed E-state index contributed by atoms with van der Waals surface area (Å²) in [6.45, 7) is 4.62. The first-order valence-electron chi connectivity index (χ1n) is 8.93. The van der Waals surface area contributed by atoms with Gasteiger partial charge in [0.15, 0.2) is 0 Å². The molecule has 7 nitrogen and oxygen atoms in total. The zero-order chi connectivity index (χ0) is 21.4. The van der Waals surface area contributed by atoms with Crippen molar-refractivity contribution in [2.75, 3.05) is 18.5 Å². The standard InChI is InChI=1S/C20H22ClN3O4S/c1-14(2)13-28-19-9-6-16(12-18(19)21)24-20(25)15-4-7-17(8-5-15)29(26,27)23-11-3-10-22/h4-9,12,14,23H,3,11,13H2,1-2H3,(H,24,25). The highest BCUT2D eigenvalue weighted by atomic mass is 35.5. The van der Waals surface area contributed by atoms with Gasteiger partial charge in [-0.05, 0) is 48.4 Å². The summed E-state index contributed by atoms with van der Waals surface area (Å²) in [7, 11) is -3.72. The van der Waals surface area contributed by atoms with Crippen LogP contribution in [0, 0.1) is 17.2 Å². The van der Waals surface area contributed by atoms with E-state index >= 15 is 0 Å². The van der Waals surface area contributed by atoms with Crippen molar-refractivity contribution in [3.8, 4) is 11.8 Å². The summed E-state index contributed by atoms with van der Waals surface area (Å²) < 4.78 is 32.1. The smallest absolute Gasteiger partial charge is 0.255 e. The molecule has 0 spiro atoms. The minimum absolute atomic E-state index is 0.0155. The van der Waals surface area contributed by atoms with Gasteiger partial charge in [0, 0.05) is 24.2 Å². The Hall–Kier alpha value is -2.60. The Morgan fingerprint density at radius 2 is 1.90 bits per heavy atom. The van der Waals surface area contributed by atoms with Crippen LogP contribution in [0.4, 0.5) is 5.69 Å². The number of sulfonamides is 1. The minimum atomic E-state index is -3.72. The van der Waals surface area contributed by atoms with Gasteiger partial charge in [0.1, 0.15) is 5.75 Å². The number of anilines is 1. The van der Waals surface area contributed by atoms with Crippen LogP contribution in [0.1, 0.15) is 30.6 Å². The number of nitrogens with one attached hydrogen (secondary N) is 2. The van der Waals surface area contributed by atoms with E-state index in [0.29, 0.717) is 29.0 Å². The molecule has 29 heavy (non-hydrogen) atoms. The van der Waals surface area contributed by atoms with E-state index in [4.69, 9.17) is 21.6 Å². The Labute approximate surface area is 175 Å². The van der Waals surface area contributed by atoms with Crippen molar-refractivity contribution in [2.45, 2.75) is 25.2 Å². The summed E-state index contributed by atoms with van der Waals surface area (Å²) in [5.41, 5.74) is 0.781. The van der Waals surface area contributed by atoms with E-state index in [0.717, 1.165) is 0 Å². The highest BCUT2D eigenvalue weighted by Gasteiger charge is 2.15. The van der Waals surface area contributed by atoms with E-state index in [-0.39, 0.29) is 23.4 Å². The van der Waals surface area contributed by atoms with Gasteiger partial charge >= 0.3 is 0 Å². The Bertz CT molecular complexity index is 999. The van der Waals surface area contributed by atoms with E-state index in [1.54, 1.807) is 18.2 Å². The van der Waals surface area contributed by atoms with Gasteiger partial charge in [-0.2, -0.15) is 5.26 Å². The molecule has 0 aliphatic rings. The topological polar surface area (TPSA) is 108 Å². The van der Waals surface area contributed by atoms with Crippen molar-refractivity contribution in [3.05, 3.63) is 53.1 Å². The van der Waals surface area contributed by atoms with Crippen LogP contribution in [0.25, 0.3) is 0 Å². The van der Waals surface area contributed by atoms with Gasteiger partial charge in [0.25, 0.3) is 5.91 Å². The van der Waals surface area contributed by atoms with Crippen LogP contribution in [0.15, 0.2) is 47.4 Å². The average molecular weight is 436 g/mol. The fraction of sp³-hybridized carbons (Fsp3) is 0.300. The van der Waals surface area contributed by atoms with Crippen LogP contribution in [0.5, 0.6) is 5.75 Å². The SMILES string of the molecule is CC(C)COc1ccc(NC(=O)c2ccc(S(=O)(=O)NCCC#N)cc2)cc1Cl. The van der Waals surface area contributed by atoms with E-state index in [9.17, 15) is 13.2 Å². The number of carbonyl (C=O) groups is 1. The molecule has 0 radical (unpaired) electrons. The second-order valence-electron chi connectivity index (χ2n) is 6.63. The Kier molecular flexibility index (Phi) is 8.02. The predicted molar refractivity (Wildman–Crippen MR) is 112 cm³/mol. The third kappa shape index (κ3) is 6.75. The molecule has 2 rings (SSSR count). The molecule has 0 heterocycles. The van der Waals surface area contributed by atoms with Crippen molar-refractivity contribution in [1.82, 2.24) is 4.72 Å². The minimum Gasteiger partial charge on any atom is -0.492 e. The maximum atomic E-state index is 12.4. The lowest BCUT2D eigenvalue weighted by molar-refractivity contribution is 0.102. The van der Waals surface area contributed by atoms with Gasteiger partial charge in [-0.25, -0.2) is 13.1 Å². The number of amides is 1. The number of ether oxygens (including phenoxy) is 1. The third-order valence-corrected chi connectivity index (χ3v) is 5.49. The molecule has 0 fully saturated rings. The lowest BCUT2D eigenvalue weighted by Crippen LogP contribution is -2.24. The largest absolute Gasteiger partial charge is 0.492 e. The normalized spacial score (nSPS) is 11.1. The second kappa shape index (κ2) is 10.3. The lowest BCUT2D eigenvalue weighted by atomic mass is 10.2. The molecule has 0 saturated heterocycles. The number of carbonyl (C=O) groups excluding carboxylic acids is 1. The molecule has 0 saturated carbocycles. The Morgan fingerprint density at radius 3 is 2.48 bits per heavy atom. The van der Waals surface area contributed by atoms with Crippen LogP contribution in [-0.2, 0) is 10.0 Å². The fourth-order valence-electron chi connectivity index (χ4n) is 2.27. The predicted octanol–water partition coefficient (Wildman–Crippen LogP) is 3.82. The van der Waals surface area contributed by atoms with Crippen LogP contribution < -0.4 is 14.8 Å². The molecule has 0 aliphatic carbocycles. The van der Waals surface area contributed by atoms with Crippen LogP contribution in [0.3, 0.4) is 0 Å². The monoisotopic (exact) mass is 435 g/mol. The maximum absolute atomic E-state index is 12.4. The molecular formula is C20H22ClN3O4S. The first kappa shape index (κ1) is 22.7. The first-order chi connectivity index (χ1) is 13.7. The van der Waals surface area contributed by atoms with Crippen LogP contribution in [-0.4, -0.2) is 27.5 Å². The number of hydrogen-bond donors (Lipinski definition) is 2. The quantitative estimate of drug-likeness (QED) is 0.582. The third-order valence-electron chi connectivity index (χ3n) is 3.72. The summed E-state index contributed by atoms with van der Waals surface area (Å²) >= 11 is 6.20. The molecule has 2 aromatic carbocycles. The summed E-state index contributed by atoms with van der Waals surface area (Å²) in [5, 5.41) is 11.6. The van der Waals surface area contributed by atoms with Crippen molar-refractivity contribution < 1.29 is 17.9 Å². The molecule has 9 heteroatoms. The number of benzene rings is 2. The number of rotatable bonds is 9. The van der Waals surface area contributed by atoms with Gasteiger partial charge < -0.3 is 10.1 Å². The number of hydrogen-bond acceptors (Lipinski definition) is 5. The van der Waals surface area contributed by atoms with E-state index in [1.165, 1.54) is 24.3 Å². The van der Waals surface area contributed by atoms with Crippen LogP contribution >= 0.6 is 11.6 Å². The number of nitriles is 1. The molecule has 0 aliphatic heterocycles. The van der Waals surface area contributed by atoms with Gasteiger partial charge in [0.05, 0.1) is 22.6 Å². The summed E-state index contributed by atoms with van der Waals surface area (Å²) in [4.78, 5) is 12.4. The lowest BCUT2D eigenvalue weighted by Gasteiger charge is -2.12. The molecular weight excluding hydrogens is 414 g/mol. The molecule has 0 aromatic heterocycles. The van der Waals surface area contributed by atoms with E-state index in [1.807, 2.05) is 19.9 Å². The molecule has 0 unspecified atom stereocenters. The van der Waals surface area contributed by atoms with E-state index in [2.05, 4.69) is 10.0 Å². The Morgan fingerprint density at radius 1 is 1.21 bits per heavy atom. The fourth-order valence-corrected chi connectivity index (χ4v) is 3.53. The summed E-state index contributed by atoms with van der Waals surface area (Å²) in [6, 6.07) is 12.3. The molecule has 154 valence electrons. The van der Waals surface area contributed by atoms with Crippen molar-refractivity contribution >= 4 is 33.2 Å². The highest BCUT2D eigenvalue weighted by Crippen LogP contribution is 2.28. The summed E-state index contributed by atoms with van der Waals surface area (Å²) in [6.07, 6.45) is 0.0730. The number of halogens is 1. The maximum Gasteiger partial charge on any atom is 0.255 e. The Balaban J connectivity index is 2.04. The highest BCUT2D eigenvalue weighted by molar-refractivity contribution is 7.89. The molecule has 2 N–H and O–H groups in total. The molecule has 2 aromatic rings. The molecule has 0 bridgehead atoms. The van der Waals surface area contributed by atoms with Crippen molar-refractivity contribution in [3.63, 3.8) is 0 Å². The van der Waals surface area contributed by atoms with Gasteiger partial charge in [0.2, 0.25) is 10.0 Å². The zero-order valence-corrected chi connectivity index (χ0v) is 17.7.